The molecule has 1 aliphatic carbocycles. The second kappa shape index (κ2) is 7.77. The van der Waals surface area contributed by atoms with Crippen LogP contribution in [0.3, 0.4) is 0 Å². The van der Waals surface area contributed by atoms with Gasteiger partial charge in [0.25, 0.3) is 0 Å². The predicted octanol–water partition coefficient (Wildman–Crippen LogP) is 2.52. The van der Waals surface area contributed by atoms with Crippen LogP contribution in [0.15, 0.2) is 11.4 Å². The highest BCUT2D eigenvalue weighted by Crippen LogP contribution is 2.38. The van der Waals surface area contributed by atoms with Gasteiger partial charge in [0.05, 0.1) is 0 Å². The Labute approximate surface area is 143 Å². The number of amides is 1. The zero-order valence-electron chi connectivity index (χ0n) is 14.0. The molecule has 3 N–H and O–H groups in total. The molecule has 1 aromatic heterocycles. The van der Waals surface area contributed by atoms with E-state index < -0.39 is 0 Å². The lowest BCUT2D eigenvalue weighted by molar-refractivity contribution is -0.123. The summed E-state index contributed by atoms with van der Waals surface area (Å²) < 4.78 is 0. The van der Waals surface area contributed by atoms with Crippen LogP contribution >= 0.6 is 11.3 Å². The summed E-state index contributed by atoms with van der Waals surface area (Å²) in [5.41, 5.74) is 7.52. The number of rotatable bonds is 6. The van der Waals surface area contributed by atoms with Gasteiger partial charge in [0, 0.05) is 37.5 Å². The molecule has 4 nitrogen and oxygen atoms in total. The Morgan fingerprint density at radius 2 is 2.17 bits per heavy atom. The van der Waals surface area contributed by atoms with Gasteiger partial charge >= 0.3 is 0 Å². The van der Waals surface area contributed by atoms with Gasteiger partial charge in [-0.05, 0) is 48.2 Å². The number of nitrogens with zero attached hydrogens (tertiary/aromatic N) is 1. The molecule has 3 rings (SSSR count). The molecule has 0 bridgehead atoms. The molecule has 0 unspecified atom stereocenters. The molecule has 0 saturated heterocycles. The fourth-order valence-electron chi connectivity index (χ4n) is 4.01. The van der Waals surface area contributed by atoms with Crippen LogP contribution in [0.5, 0.6) is 0 Å². The molecule has 0 atom stereocenters. The zero-order chi connectivity index (χ0) is 16.1. The number of hydrogen-bond acceptors (Lipinski definition) is 4. The van der Waals surface area contributed by atoms with Gasteiger partial charge in [0.2, 0.25) is 5.91 Å². The highest BCUT2D eigenvalue weighted by molar-refractivity contribution is 7.10. The molecule has 128 valence electrons. The summed E-state index contributed by atoms with van der Waals surface area (Å²) in [6.45, 7) is 4.47. The van der Waals surface area contributed by atoms with Crippen molar-refractivity contribution in [3.05, 3.63) is 21.9 Å². The van der Waals surface area contributed by atoms with Crippen molar-refractivity contribution in [2.45, 2.75) is 51.5 Å². The van der Waals surface area contributed by atoms with Crippen molar-refractivity contribution in [1.29, 1.82) is 0 Å². The molecule has 23 heavy (non-hydrogen) atoms. The monoisotopic (exact) mass is 335 g/mol. The standard InChI is InChI=1S/C18H29N3OS/c19-14-18(6-2-1-3-7-18)12-17(22)20-8-10-21-9-4-16-15(13-21)5-11-23-16/h5,11H,1-4,6-10,12-14,19H2,(H,20,22). The summed E-state index contributed by atoms with van der Waals surface area (Å²) in [5, 5.41) is 5.31. The lowest BCUT2D eigenvalue weighted by atomic mass is 9.71. The van der Waals surface area contributed by atoms with E-state index in [9.17, 15) is 4.79 Å². The third kappa shape index (κ3) is 4.34. The predicted molar refractivity (Wildman–Crippen MR) is 95.5 cm³/mol. The average Bonchev–Trinajstić information content (AvgIpc) is 3.03. The molecule has 0 radical (unpaired) electrons. The Bertz CT molecular complexity index is 522. The Kier molecular flexibility index (Phi) is 5.72. The minimum atomic E-state index is 0.0685. The Balaban J connectivity index is 1.39. The zero-order valence-corrected chi connectivity index (χ0v) is 14.8. The summed E-state index contributed by atoms with van der Waals surface area (Å²) >= 11 is 1.87. The maximum atomic E-state index is 12.3. The summed E-state index contributed by atoms with van der Waals surface area (Å²) in [5.74, 6) is 0.186. The van der Waals surface area contributed by atoms with Crippen LogP contribution in [0.4, 0.5) is 0 Å². The van der Waals surface area contributed by atoms with Crippen LogP contribution in [0.25, 0.3) is 0 Å². The van der Waals surface area contributed by atoms with E-state index in [1.807, 2.05) is 11.3 Å². The first kappa shape index (κ1) is 16.9. The first-order valence-corrected chi connectivity index (χ1v) is 9.83. The van der Waals surface area contributed by atoms with Crippen LogP contribution in [-0.2, 0) is 17.8 Å². The molecule has 2 aliphatic rings. The van der Waals surface area contributed by atoms with Crippen molar-refractivity contribution in [1.82, 2.24) is 10.2 Å². The summed E-state index contributed by atoms with van der Waals surface area (Å²) in [4.78, 5) is 16.3. The van der Waals surface area contributed by atoms with Crippen LogP contribution < -0.4 is 11.1 Å². The van der Waals surface area contributed by atoms with E-state index in [1.54, 1.807) is 0 Å². The maximum absolute atomic E-state index is 12.3. The van der Waals surface area contributed by atoms with Crippen LogP contribution in [-0.4, -0.2) is 37.0 Å². The molecule has 1 saturated carbocycles. The van der Waals surface area contributed by atoms with Crippen molar-refractivity contribution in [2.75, 3.05) is 26.2 Å². The largest absolute Gasteiger partial charge is 0.355 e. The minimum Gasteiger partial charge on any atom is -0.355 e. The minimum absolute atomic E-state index is 0.0685. The summed E-state index contributed by atoms with van der Waals surface area (Å²) in [7, 11) is 0. The van der Waals surface area contributed by atoms with E-state index in [0.29, 0.717) is 13.0 Å². The van der Waals surface area contributed by atoms with Gasteiger partial charge in [-0.3, -0.25) is 9.69 Å². The third-order valence-corrected chi connectivity index (χ3v) is 6.54. The van der Waals surface area contributed by atoms with Crippen molar-refractivity contribution in [2.24, 2.45) is 11.1 Å². The van der Waals surface area contributed by atoms with Gasteiger partial charge in [0.1, 0.15) is 0 Å². The number of carbonyl (C=O) groups is 1. The lowest BCUT2D eigenvalue weighted by Gasteiger charge is -2.35. The van der Waals surface area contributed by atoms with E-state index in [2.05, 4.69) is 21.7 Å². The van der Waals surface area contributed by atoms with Crippen molar-refractivity contribution in [3.63, 3.8) is 0 Å². The fraction of sp³-hybridized carbons (Fsp3) is 0.722. The molecule has 1 aliphatic heterocycles. The highest BCUT2D eigenvalue weighted by atomic mass is 32.1. The molecule has 1 aromatic rings. The number of carbonyl (C=O) groups excluding carboxylic acids is 1. The molecule has 1 fully saturated rings. The molecular formula is C18H29N3OS. The normalized spacial score (nSPS) is 20.9. The van der Waals surface area contributed by atoms with Gasteiger partial charge in [0.15, 0.2) is 0 Å². The van der Waals surface area contributed by atoms with Crippen LogP contribution in [0.2, 0.25) is 0 Å². The average molecular weight is 336 g/mol. The number of hydrogen-bond donors (Lipinski definition) is 2. The molecule has 0 spiro atoms. The second-order valence-corrected chi connectivity index (χ2v) is 8.19. The smallest absolute Gasteiger partial charge is 0.220 e. The number of fused-ring (bicyclic) bond motifs is 1. The van der Waals surface area contributed by atoms with E-state index in [-0.39, 0.29) is 11.3 Å². The molecule has 5 heteroatoms. The third-order valence-electron chi connectivity index (χ3n) is 5.52. The van der Waals surface area contributed by atoms with Crippen LogP contribution in [0, 0.1) is 5.41 Å². The molecule has 0 aromatic carbocycles. The van der Waals surface area contributed by atoms with Crippen molar-refractivity contribution < 1.29 is 4.79 Å². The van der Waals surface area contributed by atoms with Gasteiger partial charge in [-0.1, -0.05) is 19.3 Å². The van der Waals surface area contributed by atoms with Crippen LogP contribution in [0.1, 0.15) is 49.0 Å². The first-order chi connectivity index (χ1) is 11.2. The molecule has 2 heterocycles. The second-order valence-electron chi connectivity index (χ2n) is 7.19. The Morgan fingerprint density at radius 3 is 2.96 bits per heavy atom. The maximum Gasteiger partial charge on any atom is 0.220 e. The highest BCUT2D eigenvalue weighted by Gasteiger charge is 2.32. The number of nitrogens with two attached hydrogens (primary N) is 1. The first-order valence-electron chi connectivity index (χ1n) is 8.95. The van der Waals surface area contributed by atoms with Crippen molar-refractivity contribution in [3.8, 4) is 0 Å². The topological polar surface area (TPSA) is 58.4 Å². The van der Waals surface area contributed by atoms with E-state index >= 15 is 0 Å². The lowest BCUT2D eigenvalue weighted by Crippen LogP contribution is -2.41. The van der Waals surface area contributed by atoms with Gasteiger partial charge in [-0.25, -0.2) is 0 Å². The summed E-state index contributed by atoms with van der Waals surface area (Å²) in [6.07, 6.45) is 7.73. The Hall–Kier alpha value is -0.910. The fourth-order valence-corrected chi connectivity index (χ4v) is 4.90. The Morgan fingerprint density at radius 1 is 1.35 bits per heavy atom. The van der Waals surface area contributed by atoms with Gasteiger partial charge < -0.3 is 11.1 Å². The number of nitrogens with one attached hydrogen (secondary N) is 1. The van der Waals surface area contributed by atoms with Gasteiger partial charge in [-0.2, -0.15) is 0 Å². The number of thiophene rings is 1. The molecule has 1 amide bonds. The van der Waals surface area contributed by atoms with E-state index in [0.717, 1.165) is 45.4 Å². The van der Waals surface area contributed by atoms with E-state index in [4.69, 9.17) is 5.73 Å². The van der Waals surface area contributed by atoms with Gasteiger partial charge in [-0.15, -0.1) is 11.3 Å². The van der Waals surface area contributed by atoms with E-state index in [1.165, 1.54) is 29.7 Å². The summed E-state index contributed by atoms with van der Waals surface area (Å²) in [6, 6.07) is 2.23. The molecular weight excluding hydrogens is 306 g/mol. The van der Waals surface area contributed by atoms with Crippen molar-refractivity contribution >= 4 is 17.2 Å². The SMILES string of the molecule is NCC1(CC(=O)NCCN2CCc3sccc3C2)CCCCC1. The quantitative estimate of drug-likeness (QED) is 0.840.